The van der Waals surface area contributed by atoms with Gasteiger partial charge in [0.25, 0.3) is 0 Å². The van der Waals surface area contributed by atoms with E-state index in [2.05, 4.69) is 11.5 Å². The molecule has 0 aromatic heterocycles. The molecule has 2 saturated heterocycles. The van der Waals surface area contributed by atoms with Crippen LogP contribution in [-0.4, -0.2) is 30.2 Å². The van der Waals surface area contributed by atoms with Gasteiger partial charge in [-0.15, -0.1) is 0 Å². The Kier molecular flexibility index (Phi) is 1.53. The molecule has 0 saturated carbocycles. The molecule has 0 aromatic rings. The first-order chi connectivity index (χ1) is 5.18. The fourth-order valence-electron chi connectivity index (χ4n) is 2.24. The number of hydrogen-bond acceptors (Lipinski definition) is 1. The third-order valence-corrected chi connectivity index (χ3v) is 2.98. The smallest absolute Gasteiger partial charge is 0.117 e. The van der Waals surface area contributed by atoms with Crippen molar-refractivity contribution >= 4 is 0 Å². The average molecular weight is 155 g/mol. The van der Waals surface area contributed by atoms with Crippen LogP contribution in [0.25, 0.3) is 0 Å². The van der Waals surface area contributed by atoms with Crippen LogP contribution in [0.1, 0.15) is 13.3 Å². The Morgan fingerprint density at radius 1 is 1.64 bits per heavy atom. The first kappa shape index (κ1) is 7.29. The van der Waals surface area contributed by atoms with E-state index < -0.39 is 6.17 Å². The summed E-state index contributed by atoms with van der Waals surface area (Å²) in [6.07, 6.45) is 0.412. The van der Waals surface area contributed by atoms with Crippen molar-refractivity contribution in [2.45, 2.75) is 25.6 Å². The second-order valence-corrected chi connectivity index (χ2v) is 3.83. The van der Waals surface area contributed by atoms with Crippen LogP contribution >= 0.6 is 0 Å². The SMILES string of the molecule is C=C1CC2C(C)C(F)CN2C1. The predicted octanol–water partition coefficient (Wildman–Crippen LogP) is 1.60. The van der Waals surface area contributed by atoms with Gasteiger partial charge in [0.15, 0.2) is 0 Å². The van der Waals surface area contributed by atoms with Crippen molar-refractivity contribution in [3.8, 4) is 0 Å². The van der Waals surface area contributed by atoms with Gasteiger partial charge in [0, 0.05) is 25.0 Å². The molecule has 62 valence electrons. The minimum Gasteiger partial charge on any atom is -0.293 e. The molecule has 2 aliphatic heterocycles. The summed E-state index contributed by atoms with van der Waals surface area (Å²) in [6, 6.07) is 0.456. The Hall–Kier alpha value is -0.370. The number of fused-ring (bicyclic) bond motifs is 1. The molecule has 0 amide bonds. The lowest BCUT2D eigenvalue weighted by Gasteiger charge is -2.15. The molecule has 2 heteroatoms. The summed E-state index contributed by atoms with van der Waals surface area (Å²) in [6.45, 7) is 7.50. The molecule has 0 radical (unpaired) electrons. The summed E-state index contributed by atoms with van der Waals surface area (Å²) in [5.74, 6) is 0.217. The summed E-state index contributed by atoms with van der Waals surface area (Å²) in [5.41, 5.74) is 1.27. The van der Waals surface area contributed by atoms with Gasteiger partial charge in [-0.2, -0.15) is 0 Å². The van der Waals surface area contributed by atoms with Crippen molar-refractivity contribution in [2.24, 2.45) is 5.92 Å². The maximum absolute atomic E-state index is 13.1. The number of nitrogens with zero attached hydrogens (tertiary/aromatic N) is 1. The topological polar surface area (TPSA) is 3.24 Å². The van der Waals surface area contributed by atoms with Gasteiger partial charge in [0.2, 0.25) is 0 Å². The highest BCUT2D eigenvalue weighted by atomic mass is 19.1. The van der Waals surface area contributed by atoms with Gasteiger partial charge < -0.3 is 0 Å². The minimum atomic E-state index is -0.604. The molecule has 0 bridgehead atoms. The Morgan fingerprint density at radius 3 is 3.00 bits per heavy atom. The molecule has 3 unspecified atom stereocenters. The van der Waals surface area contributed by atoms with Crippen molar-refractivity contribution in [1.82, 2.24) is 4.90 Å². The molecule has 0 spiro atoms. The van der Waals surface area contributed by atoms with Crippen molar-refractivity contribution in [1.29, 1.82) is 0 Å². The fourth-order valence-corrected chi connectivity index (χ4v) is 2.24. The van der Waals surface area contributed by atoms with E-state index in [1.165, 1.54) is 5.57 Å². The standard InChI is InChI=1S/C9H14FN/c1-6-3-9-7(2)8(10)5-11(9)4-6/h7-9H,1,3-5H2,2H3. The highest BCUT2D eigenvalue weighted by Crippen LogP contribution is 2.35. The predicted molar refractivity (Wildman–Crippen MR) is 43.2 cm³/mol. The zero-order chi connectivity index (χ0) is 8.01. The quantitative estimate of drug-likeness (QED) is 0.480. The highest BCUT2D eigenvalue weighted by Gasteiger charge is 2.42. The van der Waals surface area contributed by atoms with Crippen molar-refractivity contribution in [3.05, 3.63) is 12.2 Å². The molecule has 2 fully saturated rings. The second-order valence-electron chi connectivity index (χ2n) is 3.83. The maximum atomic E-state index is 13.1. The van der Waals surface area contributed by atoms with Gasteiger partial charge in [-0.3, -0.25) is 4.90 Å². The van der Waals surface area contributed by atoms with Gasteiger partial charge in [-0.25, -0.2) is 4.39 Å². The van der Waals surface area contributed by atoms with Gasteiger partial charge in [-0.1, -0.05) is 19.1 Å². The summed E-state index contributed by atoms with van der Waals surface area (Å²) in [4.78, 5) is 2.22. The van der Waals surface area contributed by atoms with E-state index in [0.29, 0.717) is 12.6 Å². The summed E-state index contributed by atoms with van der Waals surface area (Å²) < 4.78 is 13.1. The third kappa shape index (κ3) is 1.00. The van der Waals surface area contributed by atoms with Crippen LogP contribution in [0.3, 0.4) is 0 Å². The maximum Gasteiger partial charge on any atom is 0.117 e. The molecular weight excluding hydrogens is 141 g/mol. The van der Waals surface area contributed by atoms with E-state index in [9.17, 15) is 4.39 Å². The van der Waals surface area contributed by atoms with E-state index >= 15 is 0 Å². The van der Waals surface area contributed by atoms with E-state index in [-0.39, 0.29) is 5.92 Å². The van der Waals surface area contributed by atoms with Crippen molar-refractivity contribution in [2.75, 3.05) is 13.1 Å². The zero-order valence-electron chi connectivity index (χ0n) is 6.89. The van der Waals surface area contributed by atoms with Crippen molar-refractivity contribution in [3.63, 3.8) is 0 Å². The van der Waals surface area contributed by atoms with E-state index in [1.54, 1.807) is 0 Å². The molecule has 1 nitrogen and oxygen atoms in total. The second kappa shape index (κ2) is 2.31. The van der Waals surface area contributed by atoms with Crippen LogP contribution in [0, 0.1) is 5.92 Å². The largest absolute Gasteiger partial charge is 0.293 e. The van der Waals surface area contributed by atoms with Crippen LogP contribution in [-0.2, 0) is 0 Å². The minimum absolute atomic E-state index is 0.217. The molecule has 3 atom stereocenters. The van der Waals surface area contributed by atoms with Crippen LogP contribution in [0.5, 0.6) is 0 Å². The molecule has 2 heterocycles. The lowest BCUT2D eigenvalue weighted by Crippen LogP contribution is -2.24. The van der Waals surface area contributed by atoms with Crippen molar-refractivity contribution < 1.29 is 4.39 Å². The van der Waals surface area contributed by atoms with Crippen LogP contribution in [0.4, 0.5) is 4.39 Å². The summed E-state index contributed by atoms with van der Waals surface area (Å²) >= 11 is 0. The summed E-state index contributed by atoms with van der Waals surface area (Å²) in [5, 5.41) is 0. The number of alkyl halides is 1. The van der Waals surface area contributed by atoms with Crippen LogP contribution in [0.15, 0.2) is 12.2 Å². The van der Waals surface area contributed by atoms with Crippen LogP contribution < -0.4 is 0 Å². The Balaban J connectivity index is 2.13. The van der Waals surface area contributed by atoms with Gasteiger partial charge in [0.05, 0.1) is 0 Å². The van der Waals surface area contributed by atoms with E-state index in [0.717, 1.165) is 13.0 Å². The number of hydrogen-bond donors (Lipinski definition) is 0. The average Bonchev–Trinajstić information content (AvgIpc) is 2.37. The van der Waals surface area contributed by atoms with E-state index in [1.807, 2.05) is 6.92 Å². The Bertz CT molecular complexity index is 190. The lowest BCUT2D eigenvalue weighted by molar-refractivity contribution is 0.279. The molecule has 2 rings (SSSR count). The first-order valence-electron chi connectivity index (χ1n) is 4.23. The normalized spacial score (nSPS) is 44.9. The Morgan fingerprint density at radius 2 is 2.36 bits per heavy atom. The molecule has 0 aromatic carbocycles. The lowest BCUT2D eigenvalue weighted by atomic mass is 9.98. The summed E-state index contributed by atoms with van der Waals surface area (Å²) in [7, 11) is 0. The van der Waals surface area contributed by atoms with Gasteiger partial charge in [0.1, 0.15) is 6.17 Å². The number of halogens is 1. The molecule has 0 aliphatic carbocycles. The monoisotopic (exact) mass is 155 g/mol. The van der Waals surface area contributed by atoms with E-state index in [4.69, 9.17) is 0 Å². The van der Waals surface area contributed by atoms with Gasteiger partial charge >= 0.3 is 0 Å². The molecule has 11 heavy (non-hydrogen) atoms. The fraction of sp³-hybridized carbons (Fsp3) is 0.778. The first-order valence-corrected chi connectivity index (χ1v) is 4.23. The molecule has 0 N–H and O–H groups in total. The highest BCUT2D eigenvalue weighted by molar-refractivity contribution is 5.12. The van der Waals surface area contributed by atoms with Crippen LogP contribution in [0.2, 0.25) is 0 Å². The molecular formula is C9H14FN. The molecule has 2 aliphatic rings. The van der Waals surface area contributed by atoms with Gasteiger partial charge in [-0.05, 0) is 6.42 Å². The zero-order valence-corrected chi connectivity index (χ0v) is 6.89. The third-order valence-electron chi connectivity index (χ3n) is 2.98. The number of rotatable bonds is 0. The Labute approximate surface area is 66.9 Å².